The normalized spacial score (nSPS) is 24.9. The van der Waals surface area contributed by atoms with Crippen molar-refractivity contribution >= 4 is 40.8 Å². The maximum atomic E-state index is 15.3. The van der Waals surface area contributed by atoms with Crippen molar-refractivity contribution in [3.05, 3.63) is 73.8 Å². The summed E-state index contributed by atoms with van der Waals surface area (Å²) in [7, 11) is 0. The molecule has 3 aromatic rings. The first-order valence-corrected chi connectivity index (χ1v) is 18.3. The van der Waals surface area contributed by atoms with Crippen LogP contribution in [0, 0.1) is 18.2 Å². The highest BCUT2D eigenvalue weighted by molar-refractivity contribution is 5.94. The van der Waals surface area contributed by atoms with E-state index in [-0.39, 0.29) is 43.5 Å². The molecule has 2 aromatic heterocycles. The summed E-state index contributed by atoms with van der Waals surface area (Å²) in [6, 6.07) is 0.658. The lowest BCUT2D eigenvalue weighted by Crippen LogP contribution is -2.48. The molecule has 4 aliphatic rings. The summed E-state index contributed by atoms with van der Waals surface area (Å²) in [5.74, 6) is -4.74. The van der Waals surface area contributed by atoms with E-state index in [9.17, 15) is 39.0 Å². The first-order chi connectivity index (χ1) is 26.1. The molecule has 0 saturated carbocycles. The standard InChI is InChI=1S/C39H41FN4O11/c1-4-39(53)23-13-28-32-21(16-44(28)33(47)22(23)17-54-36(39)51)31-25(9-8-20-18(2)24(40)14-26(41-32)30(20)31)43-37(52)55-19-7-5-6-11-38(3,12-10-19)35(50)42-27(34(48)49)15-29(45)46/h5,7,13-14,19,25,27,53H,4,6,8-12,15-17H2,1-3H3,(H,42,50)(H,43,52)(H,45,46)(H,48,49)/b7-5+/t19-,25-,27-,38+,39-/m0/s1. The summed E-state index contributed by atoms with van der Waals surface area (Å²) in [5, 5.41) is 35.8. The molecular formula is C39H41FN4O11. The molecule has 7 rings (SSSR count). The minimum absolute atomic E-state index is 0.0342. The molecule has 2 aliphatic heterocycles. The Morgan fingerprint density at radius 2 is 1.89 bits per heavy atom. The van der Waals surface area contributed by atoms with E-state index >= 15 is 4.39 Å². The van der Waals surface area contributed by atoms with E-state index in [1.807, 2.05) is 0 Å². The highest BCUT2D eigenvalue weighted by Crippen LogP contribution is 2.46. The molecule has 5 atom stereocenters. The molecule has 2 aliphatic carbocycles. The molecule has 290 valence electrons. The number of carbonyl (C=O) groups excluding carboxylic acids is 3. The predicted molar refractivity (Wildman–Crippen MR) is 191 cm³/mol. The van der Waals surface area contributed by atoms with Crippen molar-refractivity contribution in [2.45, 2.75) is 109 Å². The minimum Gasteiger partial charge on any atom is -0.481 e. The number of halogens is 1. The first kappa shape index (κ1) is 37.7. The molecule has 15 nitrogen and oxygen atoms in total. The number of carboxylic acid groups (broad SMARTS) is 2. The maximum absolute atomic E-state index is 15.3. The Kier molecular flexibility index (Phi) is 9.51. The van der Waals surface area contributed by atoms with Gasteiger partial charge >= 0.3 is 24.0 Å². The summed E-state index contributed by atoms with van der Waals surface area (Å²) in [6.07, 6.45) is 3.15. The smallest absolute Gasteiger partial charge is 0.408 e. The summed E-state index contributed by atoms with van der Waals surface area (Å²) >= 11 is 0. The number of aliphatic carboxylic acids is 2. The number of aromatic nitrogens is 2. The van der Waals surface area contributed by atoms with Crippen molar-refractivity contribution in [1.82, 2.24) is 20.2 Å². The van der Waals surface area contributed by atoms with Crippen LogP contribution in [-0.2, 0) is 53.8 Å². The Morgan fingerprint density at radius 1 is 1.13 bits per heavy atom. The van der Waals surface area contributed by atoms with Gasteiger partial charge < -0.3 is 40.0 Å². The molecule has 16 heteroatoms. The number of benzene rings is 1. The van der Waals surface area contributed by atoms with Gasteiger partial charge in [-0.1, -0.05) is 19.9 Å². The van der Waals surface area contributed by atoms with Crippen molar-refractivity contribution in [2.75, 3.05) is 0 Å². The SMILES string of the molecule is CC[C@@]1(O)C(=O)OCc2c1cc1n(c2=O)Cc2c-1nc1cc(F)c(C)c3c1c2[C@@H](NC(=O)O[C@H]1/C=C/CC[C@@](C)(C(=O)N[C@@H](CC(=O)O)C(=O)O)CC1)CC3. The van der Waals surface area contributed by atoms with Crippen molar-refractivity contribution in [1.29, 1.82) is 0 Å². The van der Waals surface area contributed by atoms with Gasteiger partial charge in [0.05, 0.1) is 41.5 Å². The fourth-order valence-electron chi connectivity index (χ4n) is 8.38. The third kappa shape index (κ3) is 6.41. The highest BCUT2D eigenvalue weighted by Gasteiger charge is 2.46. The molecule has 0 unspecified atom stereocenters. The number of nitrogens with one attached hydrogen (secondary N) is 2. The number of esters is 1. The quantitative estimate of drug-likeness (QED) is 0.128. The second kappa shape index (κ2) is 13.9. The number of cyclic esters (lactones) is 1. The summed E-state index contributed by atoms with van der Waals surface area (Å²) in [5.41, 5.74) is 0.248. The fourth-order valence-corrected chi connectivity index (χ4v) is 8.38. The van der Waals surface area contributed by atoms with Crippen molar-refractivity contribution in [2.24, 2.45) is 5.41 Å². The molecule has 2 amide bonds. The van der Waals surface area contributed by atoms with Crippen LogP contribution in [0.2, 0.25) is 0 Å². The van der Waals surface area contributed by atoms with E-state index in [2.05, 4.69) is 10.6 Å². The summed E-state index contributed by atoms with van der Waals surface area (Å²) in [4.78, 5) is 81.1. The van der Waals surface area contributed by atoms with Crippen LogP contribution in [0.5, 0.6) is 0 Å². The number of alkyl carbamates (subject to hydrolysis) is 1. The number of amides is 2. The zero-order chi connectivity index (χ0) is 39.6. The van der Waals surface area contributed by atoms with Crippen molar-refractivity contribution < 1.29 is 53.2 Å². The van der Waals surface area contributed by atoms with E-state index in [4.69, 9.17) is 19.6 Å². The van der Waals surface area contributed by atoms with Gasteiger partial charge in [-0.3, -0.25) is 14.4 Å². The third-order valence-corrected chi connectivity index (χ3v) is 11.7. The molecule has 4 heterocycles. The highest BCUT2D eigenvalue weighted by atomic mass is 19.1. The topological polar surface area (TPSA) is 223 Å². The molecule has 0 radical (unpaired) electrons. The van der Waals surface area contributed by atoms with Crippen LogP contribution in [0.25, 0.3) is 22.3 Å². The number of allylic oxidation sites excluding steroid dienone is 1. The predicted octanol–water partition coefficient (Wildman–Crippen LogP) is 3.79. The Labute approximate surface area is 313 Å². The zero-order valence-electron chi connectivity index (χ0n) is 30.5. The first-order valence-electron chi connectivity index (χ1n) is 18.3. The minimum atomic E-state index is -2.03. The van der Waals surface area contributed by atoms with E-state index in [1.165, 1.54) is 10.6 Å². The molecule has 0 fully saturated rings. The Hall–Kier alpha value is -5.64. The lowest BCUT2D eigenvalue weighted by atomic mass is 9.77. The Bertz CT molecular complexity index is 2290. The Balaban J connectivity index is 1.18. The van der Waals surface area contributed by atoms with Crippen LogP contribution >= 0.6 is 0 Å². The van der Waals surface area contributed by atoms with E-state index in [1.54, 1.807) is 39.0 Å². The van der Waals surface area contributed by atoms with Crippen LogP contribution < -0.4 is 16.2 Å². The largest absolute Gasteiger partial charge is 0.481 e. The van der Waals surface area contributed by atoms with Gasteiger partial charge in [-0.2, -0.15) is 0 Å². The number of aliphatic hydroxyl groups is 1. The zero-order valence-corrected chi connectivity index (χ0v) is 30.5. The number of hydrogen-bond donors (Lipinski definition) is 5. The maximum Gasteiger partial charge on any atom is 0.408 e. The van der Waals surface area contributed by atoms with E-state index in [0.717, 1.165) is 5.56 Å². The van der Waals surface area contributed by atoms with Crippen LogP contribution in [-0.4, -0.2) is 66.9 Å². The fraction of sp³-hybridized carbons (Fsp3) is 0.462. The van der Waals surface area contributed by atoms with Gasteiger partial charge in [0, 0.05) is 28.0 Å². The molecule has 55 heavy (non-hydrogen) atoms. The van der Waals surface area contributed by atoms with Gasteiger partial charge in [0.25, 0.3) is 5.56 Å². The molecule has 1 aromatic carbocycles. The number of pyridine rings is 2. The second-order valence-electron chi connectivity index (χ2n) is 15.0. The van der Waals surface area contributed by atoms with Gasteiger partial charge in [0.2, 0.25) is 5.91 Å². The van der Waals surface area contributed by atoms with Gasteiger partial charge in [-0.05, 0) is 80.7 Å². The van der Waals surface area contributed by atoms with Crippen molar-refractivity contribution in [3.63, 3.8) is 0 Å². The number of carboxylic acids is 2. The summed E-state index contributed by atoms with van der Waals surface area (Å²) in [6.45, 7) is 4.72. The van der Waals surface area contributed by atoms with E-state index < -0.39 is 76.9 Å². The van der Waals surface area contributed by atoms with Gasteiger partial charge in [-0.15, -0.1) is 0 Å². The molecule has 0 bridgehead atoms. The van der Waals surface area contributed by atoms with Crippen LogP contribution in [0.3, 0.4) is 0 Å². The summed E-state index contributed by atoms with van der Waals surface area (Å²) < 4.78 is 27.9. The third-order valence-electron chi connectivity index (χ3n) is 11.7. The number of aryl methyl sites for hydroxylation is 1. The number of ether oxygens (including phenoxy) is 2. The van der Waals surface area contributed by atoms with Gasteiger partial charge in [-0.25, -0.2) is 23.8 Å². The van der Waals surface area contributed by atoms with E-state index in [0.29, 0.717) is 64.7 Å². The number of nitrogens with zero attached hydrogens (tertiary/aromatic N) is 2. The Morgan fingerprint density at radius 3 is 2.60 bits per heavy atom. The van der Waals surface area contributed by atoms with Crippen LogP contribution in [0.15, 0.2) is 29.1 Å². The van der Waals surface area contributed by atoms with Gasteiger partial charge in [0.1, 0.15) is 24.6 Å². The molecule has 0 spiro atoms. The number of rotatable bonds is 8. The van der Waals surface area contributed by atoms with Gasteiger partial charge in [0.15, 0.2) is 5.60 Å². The number of carbonyl (C=O) groups is 5. The van der Waals surface area contributed by atoms with Crippen LogP contribution in [0.4, 0.5) is 9.18 Å². The number of hydrogen-bond acceptors (Lipinski definition) is 10. The monoisotopic (exact) mass is 760 g/mol. The van der Waals surface area contributed by atoms with Crippen molar-refractivity contribution in [3.8, 4) is 11.4 Å². The number of fused-ring (bicyclic) bond motifs is 5. The average Bonchev–Trinajstić information content (AvgIpc) is 3.50. The van der Waals surface area contributed by atoms with Crippen LogP contribution in [0.1, 0.15) is 98.2 Å². The molecular weight excluding hydrogens is 719 g/mol. The lowest BCUT2D eigenvalue weighted by Gasteiger charge is -2.32. The molecule has 0 saturated heterocycles. The lowest BCUT2D eigenvalue weighted by molar-refractivity contribution is -0.172. The average molecular weight is 761 g/mol. The second-order valence-corrected chi connectivity index (χ2v) is 15.0. The molecule has 5 N–H and O–H groups in total.